The molecule has 0 bridgehead atoms. The van der Waals surface area contributed by atoms with E-state index < -0.39 is 0 Å². The predicted octanol–water partition coefficient (Wildman–Crippen LogP) is 3.11. The number of nitrogens with zero attached hydrogens (tertiary/aromatic N) is 2. The van der Waals surface area contributed by atoms with Crippen molar-refractivity contribution in [2.45, 2.75) is 42.8 Å². The topological polar surface area (TPSA) is 53.1 Å². The van der Waals surface area contributed by atoms with Crippen molar-refractivity contribution in [3.05, 3.63) is 33.4 Å². The molecule has 0 fully saturated rings. The van der Waals surface area contributed by atoms with Gasteiger partial charge in [-0.1, -0.05) is 24.8 Å². The van der Waals surface area contributed by atoms with Crippen LogP contribution in [0, 0.1) is 18.3 Å². The largest absolute Gasteiger partial charge is 0.497 e. The zero-order valence-corrected chi connectivity index (χ0v) is 17.4. The van der Waals surface area contributed by atoms with Gasteiger partial charge in [0.05, 0.1) is 12.5 Å². The summed E-state index contributed by atoms with van der Waals surface area (Å²) in [6.45, 7) is 3.01. The molecule has 1 aromatic heterocycles. The van der Waals surface area contributed by atoms with Gasteiger partial charge in [-0.05, 0) is 52.9 Å². The molecule has 2 aromatic rings. The first-order chi connectivity index (χ1) is 12.5. The zero-order chi connectivity index (χ0) is 18.7. The second kappa shape index (κ2) is 8.24. The lowest BCUT2D eigenvalue weighted by Crippen LogP contribution is -2.38. The van der Waals surface area contributed by atoms with E-state index in [-0.39, 0.29) is 0 Å². The van der Waals surface area contributed by atoms with Crippen LogP contribution in [0.25, 0.3) is 11.8 Å². The van der Waals surface area contributed by atoms with Crippen LogP contribution in [0.2, 0.25) is 0 Å². The molecule has 0 amide bonds. The maximum absolute atomic E-state index is 6.29. The molecule has 0 aliphatic heterocycles. The third-order valence-electron chi connectivity index (χ3n) is 4.30. The SMILES string of the molecule is C#CCCCn1c(Sc2cc(OC)ccc2Br)nc2c1=CC(C)CC=2N. The molecule has 1 aliphatic carbocycles. The fraction of sp³-hybridized carbons (Fsp3) is 0.350. The number of ether oxygens (including phenoxy) is 1. The molecule has 0 spiro atoms. The van der Waals surface area contributed by atoms with Crippen LogP contribution in [0.5, 0.6) is 5.75 Å². The van der Waals surface area contributed by atoms with Crippen LogP contribution in [0.4, 0.5) is 0 Å². The number of hydrogen-bond acceptors (Lipinski definition) is 4. The molecule has 1 atom stereocenters. The number of hydrogen-bond donors (Lipinski definition) is 1. The summed E-state index contributed by atoms with van der Waals surface area (Å²) >= 11 is 5.23. The molecule has 3 rings (SSSR count). The van der Waals surface area contributed by atoms with Gasteiger partial charge in [0, 0.05) is 28.0 Å². The van der Waals surface area contributed by atoms with Crippen LogP contribution >= 0.6 is 27.7 Å². The summed E-state index contributed by atoms with van der Waals surface area (Å²) in [7, 11) is 1.67. The lowest BCUT2D eigenvalue weighted by molar-refractivity contribution is 0.413. The van der Waals surface area contributed by atoms with Crippen LogP contribution in [0.1, 0.15) is 26.2 Å². The third kappa shape index (κ3) is 3.94. The molecule has 1 heterocycles. The van der Waals surface area contributed by atoms with E-state index in [1.807, 2.05) is 18.2 Å². The maximum Gasteiger partial charge on any atom is 0.174 e. The molecule has 1 aliphatic rings. The summed E-state index contributed by atoms with van der Waals surface area (Å²) < 4.78 is 8.61. The van der Waals surface area contributed by atoms with Crippen molar-refractivity contribution in [3.63, 3.8) is 0 Å². The molecule has 2 N–H and O–H groups in total. The van der Waals surface area contributed by atoms with E-state index in [0.717, 1.165) is 62.5 Å². The molecule has 0 saturated carbocycles. The lowest BCUT2D eigenvalue weighted by atomic mass is 10.0. The molecule has 1 unspecified atom stereocenters. The molecule has 136 valence electrons. The average molecular weight is 432 g/mol. The number of methoxy groups -OCH3 is 1. The third-order valence-corrected chi connectivity index (χ3v) is 6.31. The first kappa shape index (κ1) is 18.9. The Balaban J connectivity index is 2.07. The summed E-state index contributed by atoms with van der Waals surface area (Å²) in [4.78, 5) is 5.91. The highest BCUT2D eigenvalue weighted by Crippen LogP contribution is 2.34. The molecule has 0 radical (unpaired) electrons. The van der Waals surface area contributed by atoms with Gasteiger partial charge in [0.2, 0.25) is 0 Å². The van der Waals surface area contributed by atoms with Gasteiger partial charge < -0.3 is 15.0 Å². The van der Waals surface area contributed by atoms with Gasteiger partial charge in [0.15, 0.2) is 5.16 Å². The molecular weight excluding hydrogens is 410 g/mol. The Labute approximate surface area is 166 Å². The van der Waals surface area contributed by atoms with Crippen LogP contribution < -0.4 is 21.2 Å². The van der Waals surface area contributed by atoms with Crippen molar-refractivity contribution in [1.82, 2.24) is 9.55 Å². The highest BCUT2D eigenvalue weighted by Gasteiger charge is 2.17. The van der Waals surface area contributed by atoms with Crippen molar-refractivity contribution < 1.29 is 4.74 Å². The number of fused-ring (bicyclic) bond motifs is 1. The Bertz CT molecular complexity index is 974. The van der Waals surface area contributed by atoms with Crippen LogP contribution in [-0.2, 0) is 6.54 Å². The summed E-state index contributed by atoms with van der Waals surface area (Å²) in [6.07, 6.45) is 10.2. The molecular formula is C20H22BrN3OS. The second-order valence-corrected chi connectivity index (χ2v) is 8.22. The number of imidazole rings is 1. The minimum Gasteiger partial charge on any atom is -0.497 e. The van der Waals surface area contributed by atoms with E-state index in [9.17, 15) is 0 Å². The Morgan fingerprint density at radius 3 is 3.04 bits per heavy atom. The number of halogens is 1. The smallest absolute Gasteiger partial charge is 0.174 e. The van der Waals surface area contributed by atoms with Gasteiger partial charge >= 0.3 is 0 Å². The molecule has 6 heteroatoms. The quantitative estimate of drug-likeness (QED) is 0.563. The molecule has 26 heavy (non-hydrogen) atoms. The summed E-state index contributed by atoms with van der Waals surface area (Å²) in [5.74, 6) is 3.94. The lowest BCUT2D eigenvalue weighted by Gasteiger charge is -2.12. The second-order valence-electron chi connectivity index (χ2n) is 6.36. The van der Waals surface area contributed by atoms with Crippen molar-refractivity contribution >= 4 is 39.5 Å². The van der Waals surface area contributed by atoms with Gasteiger partial charge in [-0.2, -0.15) is 0 Å². The van der Waals surface area contributed by atoms with Crippen molar-refractivity contribution in [2.75, 3.05) is 7.11 Å². The Hall–Kier alpha value is -1.84. The monoisotopic (exact) mass is 431 g/mol. The first-order valence-electron chi connectivity index (χ1n) is 8.55. The van der Waals surface area contributed by atoms with Crippen LogP contribution in [0.3, 0.4) is 0 Å². The zero-order valence-electron chi connectivity index (χ0n) is 15.0. The standard InChI is InChI=1S/C20H22BrN3OS/c1-4-5-6-9-24-17-11-13(2)10-16(22)19(17)23-20(24)26-18-12-14(25-3)7-8-15(18)21/h1,7-8,11-13H,5-6,9-10,22H2,2-3H3. The van der Waals surface area contributed by atoms with Crippen molar-refractivity contribution in [3.8, 4) is 18.1 Å². The Kier molecular flexibility index (Phi) is 6.00. The van der Waals surface area contributed by atoms with Crippen molar-refractivity contribution in [2.24, 2.45) is 11.7 Å². The predicted molar refractivity (Wildman–Crippen MR) is 110 cm³/mol. The molecule has 0 saturated heterocycles. The van der Waals surface area contributed by atoms with E-state index in [1.54, 1.807) is 18.9 Å². The molecule has 4 nitrogen and oxygen atoms in total. The van der Waals surface area contributed by atoms with E-state index in [1.165, 1.54) is 0 Å². The van der Waals surface area contributed by atoms with E-state index >= 15 is 0 Å². The van der Waals surface area contributed by atoms with Crippen LogP contribution in [0.15, 0.2) is 32.7 Å². The number of terminal acetylenes is 1. The van der Waals surface area contributed by atoms with E-state index in [4.69, 9.17) is 21.9 Å². The number of rotatable bonds is 6. The molecule has 1 aromatic carbocycles. The maximum atomic E-state index is 6.29. The summed E-state index contributed by atoms with van der Waals surface area (Å²) in [5.41, 5.74) is 7.15. The van der Waals surface area contributed by atoms with E-state index in [2.05, 4.69) is 39.4 Å². The minimum atomic E-state index is 0.409. The van der Waals surface area contributed by atoms with E-state index in [0.29, 0.717) is 5.92 Å². The van der Waals surface area contributed by atoms with Crippen LogP contribution in [-0.4, -0.2) is 16.7 Å². The minimum absolute atomic E-state index is 0.409. The van der Waals surface area contributed by atoms with Gasteiger partial charge in [-0.15, -0.1) is 12.3 Å². The highest BCUT2D eigenvalue weighted by atomic mass is 79.9. The number of benzene rings is 1. The first-order valence-corrected chi connectivity index (χ1v) is 10.2. The highest BCUT2D eigenvalue weighted by molar-refractivity contribution is 9.10. The number of unbranched alkanes of at least 4 members (excludes halogenated alkanes) is 1. The summed E-state index contributed by atoms with van der Waals surface area (Å²) in [5, 5.41) is 2.94. The number of nitrogens with two attached hydrogens (primary N) is 1. The normalized spacial score (nSPS) is 15.9. The Morgan fingerprint density at radius 1 is 1.50 bits per heavy atom. The number of aromatic nitrogens is 2. The fourth-order valence-electron chi connectivity index (χ4n) is 3.04. The average Bonchev–Trinajstić information content (AvgIpc) is 2.95. The van der Waals surface area contributed by atoms with Gasteiger partial charge in [-0.3, -0.25) is 0 Å². The van der Waals surface area contributed by atoms with Crippen molar-refractivity contribution in [1.29, 1.82) is 0 Å². The van der Waals surface area contributed by atoms with Gasteiger partial charge in [0.1, 0.15) is 11.1 Å². The van der Waals surface area contributed by atoms with Gasteiger partial charge in [0.25, 0.3) is 0 Å². The summed E-state index contributed by atoms with van der Waals surface area (Å²) in [6, 6.07) is 5.93. The Morgan fingerprint density at radius 2 is 2.31 bits per heavy atom. The van der Waals surface area contributed by atoms with Gasteiger partial charge in [-0.25, -0.2) is 4.98 Å². The fourth-order valence-corrected chi connectivity index (χ4v) is 4.51.